The summed E-state index contributed by atoms with van der Waals surface area (Å²) < 4.78 is 4.70. The molecule has 1 aromatic rings. The third kappa shape index (κ3) is 4.03. The molecule has 1 N–H and O–H groups in total. The number of pyridine rings is 1. The molecule has 0 aliphatic carbocycles. The van der Waals surface area contributed by atoms with Crippen LogP contribution in [-0.4, -0.2) is 72.3 Å². The number of esters is 1. The summed E-state index contributed by atoms with van der Waals surface area (Å²) in [5.41, 5.74) is 1.47. The normalized spacial score (nSPS) is 18.1. The maximum absolute atomic E-state index is 11.5. The molecule has 0 saturated carbocycles. The average molecular weight is 307 g/mol. The minimum absolute atomic E-state index is 0.216. The van der Waals surface area contributed by atoms with Gasteiger partial charge in [0.15, 0.2) is 0 Å². The number of carbonyl (C=O) groups is 1. The van der Waals surface area contributed by atoms with Crippen molar-refractivity contribution in [2.24, 2.45) is 0 Å². The Morgan fingerprint density at radius 3 is 2.59 bits per heavy atom. The Hall–Kier alpha value is -1.50. The van der Waals surface area contributed by atoms with Crippen molar-refractivity contribution in [1.29, 1.82) is 0 Å². The third-order valence-electron chi connectivity index (χ3n) is 4.20. The monoisotopic (exact) mass is 307 g/mol. The Morgan fingerprint density at radius 2 is 2.09 bits per heavy atom. The zero-order chi connectivity index (χ0) is 15.9. The van der Waals surface area contributed by atoms with Crippen LogP contribution in [0.5, 0.6) is 0 Å². The minimum Gasteiger partial charge on any atom is -0.465 e. The maximum atomic E-state index is 11.5. The zero-order valence-corrected chi connectivity index (χ0v) is 13.4. The van der Waals surface area contributed by atoms with Gasteiger partial charge in [-0.25, -0.2) is 4.79 Å². The SMILES string of the molecule is CCC(c1ccc(C(=O)OC)cn1)N1CCN(CCO)CC1. The van der Waals surface area contributed by atoms with Gasteiger partial charge in [-0.05, 0) is 18.6 Å². The van der Waals surface area contributed by atoms with E-state index in [4.69, 9.17) is 9.84 Å². The van der Waals surface area contributed by atoms with E-state index in [0.717, 1.165) is 44.8 Å². The van der Waals surface area contributed by atoms with Crippen LogP contribution in [0.15, 0.2) is 18.3 Å². The molecule has 0 radical (unpaired) electrons. The molecule has 0 amide bonds. The van der Waals surface area contributed by atoms with E-state index in [1.54, 1.807) is 12.3 Å². The predicted molar refractivity (Wildman–Crippen MR) is 83.7 cm³/mol. The van der Waals surface area contributed by atoms with Crippen molar-refractivity contribution in [3.63, 3.8) is 0 Å². The van der Waals surface area contributed by atoms with Crippen LogP contribution in [0.25, 0.3) is 0 Å². The quantitative estimate of drug-likeness (QED) is 0.789. The van der Waals surface area contributed by atoms with Crippen molar-refractivity contribution >= 4 is 5.97 Å². The number of rotatable bonds is 6. The van der Waals surface area contributed by atoms with Gasteiger partial charge >= 0.3 is 5.97 Å². The van der Waals surface area contributed by atoms with Gasteiger partial charge in [0.05, 0.1) is 31.0 Å². The van der Waals surface area contributed by atoms with Gasteiger partial charge in [0.2, 0.25) is 0 Å². The van der Waals surface area contributed by atoms with Gasteiger partial charge in [0, 0.05) is 38.9 Å². The second-order valence-electron chi connectivity index (χ2n) is 5.49. The van der Waals surface area contributed by atoms with Crippen molar-refractivity contribution in [3.05, 3.63) is 29.6 Å². The fourth-order valence-corrected chi connectivity index (χ4v) is 2.94. The van der Waals surface area contributed by atoms with Crippen LogP contribution in [0.2, 0.25) is 0 Å². The molecule has 6 heteroatoms. The molecule has 0 bridgehead atoms. The lowest BCUT2D eigenvalue weighted by Crippen LogP contribution is -2.48. The van der Waals surface area contributed by atoms with Crippen LogP contribution in [-0.2, 0) is 4.74 Å². The summed E-state index contributed by atoms with van der Waals surface area (Å²) in [7, 11) is 1.37. The van der Waals surface area contributed by atoms with E-state index in [0.29, 0.717) is 5.56 Å². The molecule has 6 nitrogen and oxygen atoms in total. The second kappa shape index (κ2) is 8.22. The van der Waals surface area contributed by atoms with Gasteiger partial charge in [-0.2, -0.15) is 0 Å². The topological polar surface area (TPSA) is 65.9 Å². The third-order valence-corrected chi connectivity index (χ3v) is 4.20. The molecule has 1 aliphatic heterocycles. The highest BCUT2D eigenvalue weighted by atomic mass is 16.5. The molecule has 22 heavy (non-hydrogen) atoms. The molecule has 1 fully saturated rings. The largest absolute Gasteiger partial charge is 0.465 e. The highest BCUT2D eigenvalue weighted by molar-refractivity contribution is 5.88. The number of ether oxygens (including phenoxy) is 1. The molecular formula is C16H25N3O3. The molecule has 0 spiro atoms. The highest BCUT2D eigenvalue weighted by Crippen LogP contribution is 2.24. The highest BCUT2D eigenvalue weighted by Gasteiger charge is 2.24. The molecule has 1 aromatic heterocycles. The number of nitrogens with zero attached hydrogens (tertiary/aromatic N) is 3. The fraction of sp³-hybridized carbons (Fsp3) is 0.625. The minimum atomic E-state index is -0.357. The lowest BCUT2D eigenvalue weighted by atomic mass is 10.1. The molecule has 2 heterocycles. The van der Waals surface area contributed by atoms with Crippen LogP contribution >= 0.6 is 0 Å². The number of aliphatic hydroxyl groups is 1. The number of hydrogen-bond donors (Lipinski definition) is 1. The van der Waals surface area contributed by atoms with Gasteiger partial charge < -0.3 is 9.84 Å². The molecule has 1 saturated heterocycles. The first-order valence-corrected chi connectivity index (χ1v) is 7.81. The number of aliphatic hydroxyl groups excluding tert-OH is 1. The Morgan fingerprint density at radius 1 is 1.36 bits per heavy atom. The standard InChI is InChI=1S/C16H25N3O3/c1-3-15(19-8-6-18(7-9-19)10-11-20)14-5-4-13(12-17-14)16(21)22-2/h4-5,12,15,20H,3,6-11H2,1-2H3. The molecular weight excluding hydrogens is 282 g/mol. The van der Waals surface area contributed by atoms with E-state index in [1.807, 2.05) is 6.07 Å². The Kier molecular flexibility index (Phi) is 6.30. The first-order valence-electron chi connectivity index (χ1n) is 7.81. The fourth-order valence-electron chi connectivity index (χ4n) is 2.94. The lowest BCUT2D eigenvalue weighted by Gasteiger charge is -2.38. The number of methoxy groups -OCH3 is 1. The maximum Gasteiger partial charge on any atom is 0.339 e. The number of hydrogen-bond acceptors (Lipinski definition) is 6. The summed E-state index contributed by atoms with van der Waals surface area (Å²) in [4.78, 5) is 20.6. The van der Waals surface area contributed by atoms with Crippen molar-refractivity contribution in [2.75, 3.05) is 46.4 Å². The lowest BCUT2D eigenvalue weighted by molar-refractivity contribution is 0.0599. The summed E-state index contributed by atoms with van der Waals surface area (Å²) in [6, 6.07) is 3.96. The molecule has 0 aromatic carbocycles. The van der Waals surface area contributed by atoms with E-state index in [9.17, 15) is 4.79 Å². The van der Waals surface area contributed by atoms with Crippen molar-refractivity contribution in [2.45, 2.75) is 19.4 Å². The Bertz CT molecular complexity index is 470. The number of aromatic nitrogens is 1. The molecule has 2 rings (SSSR count). The van der Waals surface area contributed by atoms with Crippen molar-refractivity contribution in [1.82, 2.24) is 14.8 Å². The van der Waals surface area contributed by atoms with Crippen LogP contribution in [0.4, 0.5) is 0 Å². The van der Waals surface area contributed by atoms with E-state index in [2.05, 4.69) is 21.7 Å². The van der Waals surface area contributed by atoms with Gasteiger partial charge in [-0.1, -0.05) is 6.92 Å². The van der Waals surface area contributed by atoms with E-state index >= 15 is 0 Å². The van der Waals surface area contributed by atoms with E-state index in [-0.39, 0.29) is 18.6 Å². The second-order valence-corrected chi connectivity index (χ2v) is 5.49. The summed E-state index contributed by atoms with van der Waals surface area (Å²) >= 11 is 0. The molecule has 122 valence electrons. The van der Waals surface area contributed by atoms with Crippen LogP contribution in [0, 0.1) is 0 Å². The Balaban J connectivity index is 2.01. The number of β-amino-alcohol motifs (C(OH)–C–C–N with tert-alkyl or cyclic N) is 1. The summed E-state index contributed by atoms with van der Waals surface area (Å²) in [6.07, 6.45) is 2.57. The van der Waals surface area contributed by atoms with Gasteiger partial charge in [0.25, 0.3) is 0 Å². The van der Waals surface area contributed by atoms with Gasteiger partial charge in [-0.3, -0.25) is 14.8 Å². The molecule has 1 atom stereocenters. The van der Waals surface area contributed by atoms with Crippen LogP contribution in [0.3, 0.4) is 0 Å². The number of piperazine rings is 1. The van der Waals surface area contributed by atoms with Gasteiger partial charge in [-0.15, -0.1) is 0 Å². The van der Waals surface area contributed by atoms with E-state index in [1.165, 1.54) is 7.11 Å². The first-order chi connectivity index (χ1) is 10.7. The Labute approximate surface area is 131 Å². The van der Waals surface area contributed by atoms with Crippen LogP contribution in [0.1, 0.15) is 35.4 Å². The first kappa shape index (κ1) is 16.9. The van der Waals surface area contributed by atoms with E-state index < -0.39 is 0 Å². The van der Waals surface area contributed by atoms with Gasteiger partial charge in [0.1, 0.15) is 0 Å². The van der Waals surface area contributed by atoms with Crippen LogP contribution < -0.4 is 0 Å². The predicted octanol–water partition coefficient (Wildman–Crippen LogP) is 0.929. The molecule has 1 aliphatic rings. The summed E-state index contributed by atoms with van der Waals surface area (Å²) in [5, 5.41) is 9.01. The zero-order valence-electron chi connectivity index (χ0n) is 13.4. The molecule has 1 unspecified atom stereocenters. The van der Waals surface area contributed by atoms with Crippen molar-refractivity contribution in [3.8, 4) is 0 Å². The van der Waals surface area contributed by atoms with Crippen molar-refractivity contribution < 1.29 is 14.6 Å². The smallest absolute Gasteiger partial charge is 0.339 e. The average Bonchev–Trinajstić information content (AvgIpc) is 2.57. The number of carbonyl (C=O) groups excluding carboxylic acids is 1. The summed E-state index contributed by atoms with van der Waals surface area (Å²) in [5.74, 6) is -0.357. The summed E-state index contributed by atoms with van der Waals surface area (Å²) in [6.45, 7) is 7.00.